The van der Waals surface area contributed by atoms with Gasteiger partial charge in [-0.15, -0.1) is 0 Å². The molecule has 2 aliphatic heterocycles. The maximum atomic E-state index is 12.4. The number of rotatable bonds is 5. The minimum atomic E-state index is -2.20. The number of nitrogens with two attached hydrogens (primary N) is 1. The van der Waals surface area contributed by atoms with Crippen LogP contribution in [-0.4, -0.2) is 103 Å². The predicted molar refractivity (Wildman–Crippen MR) is 112 cm³/mol. The van der Waals surface area contributed by atoms with Gasteiger partial charge in [-0.3, -0.25) is 0 Å². The van der Waals surface area contributed by atoms with Gasteiger partial charge in [0.1, 0.15) is 34.1 Å². The van der Waals surface area contributed by atoms with E-state index in [2.05, 4.69) is 0 Å². The van der Waals surface area contributed by atoms with Crippen molar-refractivity contribution in [3.63, 3.8) is 0 Å². The molecular formula is C21H39NO10. The Morgan fingerprint density at radius 3 is 1.97 bits per heavy atom. The van der Waals surface area contributed by atoms with Gasteiger partial charge in [-0.1, -0.05) is 0 Å². The summed E-state index contributed by atoms with van der Waals surface area (Å²) in [5.74, 6) is -1.45. The SMILES string of the molecule is COC1(C)C(O)C(C)(CO)OC(OC2(C)C(C)(C(=O)O)OC(C)C(C)(O)C2(C)O)C1(C)N. The van der Waals surface area contributed by atoms with Crippen molar-refractivity contribution in [1.29, 1.82) is 0 Å². The van der Waals surface area contributed by atoms with Crippen LogP contribution in [0.1, 0.15) is 55.4 Å². The molecule has 0 aromatic rings. The molecule has 0 spiro atoms. The maximum Gasteiger partial charge on any atom is 0.338 e. The number of aliphatic carboxylic acids is 1. The summed E-state index contributed by atoms with van der Waals surface area (Å²) >= 11 is 0. The topological polar surface area (TPSA) is 181 Å². The molecule has 188 valence electrons. The average Bonchev–Trinajstić information content (AvgIpc) is 2.69. The van der Waals surface area contributed by atoms with E-state index in [0.29, 0.717) is 0 Å². The van der Waals surface area contributed by atoms with Gasteiger partial charge in [0.15, 0.2) is 11.9 Å². The zero-order valence-electron chi connectivity index (χ0n) is 20.3. The quantitative estimate of drug-likeness (QED) is 0.296. The summed E-state index contributed by atoms with van der Waals surface area (Å²) < 4.78 is 23.4. The van der Waals surface area contributed by atoms with Crippen molar-refractivity contribution < 1.29 is 49.3 Å². The minimum Gasteiger partial charge on any atom is -0.479 e. The molecule has 2 heterocycles. The molecule has 0 bridgehead atoms. The summed E-state index contributed by atoms with van der Waals surface area (Å²) in [6.07, 6.45) is -4.00. The number of methoxy groups -OCH3 is 1. The lowest BCUT2D eigenvalue weighted by molar-refractivity contribution is -0.427. The Balaban J connectivity index is 2.72. The number of hydrogen-bond acceptors (Lipinski definition) is 10. The van der Waals surface area contributed by atoms with Crippen molar-refractivity contribution in [2.24, 2.45) is 5.73 Å². The molecule has 0 aromatic carbocycles. The smallest absolute Gasteiger partial charge is 0.338 e. The van der Waals surface area contributed by atoms with E-state index in [0.717, 1.165) is 0 Å². The van der Waals surface area contributed by atoms with Crippen LogP contribution < -0.4 is 5.73 Å². The fourth-order valence-corrected chi connectivity index (χ4v) is 4.76. The highest BCUT2D eigenvalue weighted by molar-refractivity contribution is 5.79. The van der Waals surface area contributed by atoms with Crippen molar-refractivity contribution in [3.05, 3.63) is 0 Å². The molecule has 2 rings (SSSR count). The van der Waals surface area contributed by atoms with E-state index in [9.17, 15) is 30.3 Å². The van der Waals surface area contributed by atoms with Crippen molar-refractivity contribution in [2.75, 3.05) is 13.7 Å². The van der Waals surface area contributed by atoms with Gasteiger partial charge in [-0.2, -0.15) is 0 Å². The van der Waals surface area contributed by atoms with Gasteiger partial charge < -0.3 is 50.2 Å². The Labute approximate surface area is 188 Å². The number of aliphatic hydroxyl groups excluding tert-OH is 2. The van der Waals surface area contributed by atoms with Crippen LogP contribution in [0.4, 0.5) is 0 Å². The Kier molecular flexibility index (Phi) is 6.46. The molecule has 0 radical (unpaired) electrons. The van der Waals surface area contributed by atoms with Crippen LogP contribution in [0.15, 0.2) is 0 Å². The predicted octanol–water partition coefficient (Wildman–Crippen LogP) is -0.884. The molecule has 2 saturated heterocycles. The lowest BCUT2D eigenvalue weighted by atomic mass is 9.61. The van der Waals surface area contributed by atoms with Crippen LogP contribution in [0.3, 0.4) is 0 Å². The Bertz CT molecular complexity index is 757. The third-order valence-corrected chi connectivity index (χ3v) is 8.55. The third-order valence-electron chi connectivity index (χ3n) is 8.55. The lowest BCUT2D eigenvalue weighted by Crippen LogP contribution is -2.85. The van der Waals surface area contributed by atoms with Crippen molar-refractivity contribution in [2.45, 2.75) is 113 Å². The van der Waals surface area contributed by atoms with Crippen LogP contribution in [0.2, 0.25) is 0 Å². The highest BCUT2D eigenvalue weighted by Crippen LogP contribution is 2.54. The standard InChI is InChI=1S/C21H39NO10/c1-11-17(4,27)20(7,28)21(8,19(6,30-11)13(25)26)32-14-16(3,22)18(5,29-9)12(24)15(2,10-23)31-14/h11-12,14,23-24,27-28H,10,22H2,1-9H3,(H,25,26). The minimum absolute atomic E-state index is 0.641. The van der Waals surface area contributed by atoms with Gasteiger partial charge in [0.25, 0.3) is 0 Å². The van der Waals surface area contributed by atoms with E-state index in [4.69, 9.17) is 24.7 Å². The van der Waals surface area contributed by atoms with E-state index >= 15 is 0 Å². The first-order valence-electron chi connectivity index (χ1n) is 10.5. The van der Waals surface area contributed by atoms with E-state index in [1.165, 1.54) is 62.5 Å². The summed E-state index contributed by atoms with van der Waals surface area (Å²) in [4.78, 5) is 12.4. The number of aliphatic hydroxyl groups is 4. The van der Waals surface area contributed by atoms with E-state index in [1.54, 1.807) is 0 Å². The first kappa shape index (κ1) is 27.4. The average molecular weight is 466 g/mol. The normalized spacial score (nSPS) is 56.8. The summed E-state index contributed by atoms with van der Waals surface area (Å²) in [6.45, 7) is 10.3. The Hall–Kier alpha value is -0.890. The fraction of sp³-hybridized carbons (Fsp3) is 0.952. The van der Waals surface area contributed by atoms with E-state index < -0.39 is 70.2 Å². The van der Waals surface area contributed by atoms with Crippen LogP contribution in [0.5, 0.6) is 0 Å². The van der Waals surface area contributed by atoms with Gasteiger partial charge in [-0.25, -0.2) is 4.79 Å². The van der Waals surface area contributed by atoms with Gasteiger partial charge in [-0.05, 0) is 55.4 Å². The summed E-state index contributed by atoms with van der Waals surface area (Å²) in [7, 11) is 1.32. The summed E-state index contributed by atoms with van der Waals surface area (Å²) in [5.41, 5.74) is -6.64. The van der Waals surface area contributed by atoms with Crippen molar-refractivity contribution in [3.8, 4) is 0 Å². The molecule has 10 unspecified atom stereocenters. The van der Waals surface area contributed by atoms with Crippen LogP contribution >= 0.6 is 0 Å². The van der Waals surface area contributed by atoms with Crippen LogP contribution in [0, 0.1) is 0 Å². The highest BCUT2D eigenvalue weighted by atomic mass is 16.7. The molecule has 2 aliphatic rings. The molecular weight excluding hydrogens is 426 g/mol. The molecule has 0 aliphatic carbocycles. The molecule has 11 nitrogen and oxygen atoms in total. The van der Waals surface area contributed by atoms with Crippen LogP contribution in [-0.2, 0) is 23.7 Å². The number of carbonyl (C=O) groups is 1. The number of carboxylic acids is 1. The molecule has 32 heavy (non-hydrogen) atoms. The first-order chi connectivity index (χ1) is 14.2. The summed E-state index contributed by atoms with van der Waals surface area (Å²) in [5, 5.41) is 53.6. The van der Waals surface area contributed by atoms with Gasteiger partial charge in [0.2, 0.25) is 0 Å². The monoisotopic (exact) mass is 465 g/mol. The number of carboxylic acid groups (broad SMARTS) is 1. The largest absolute Gasteiger partial charge is 0.479 e. The van der Waals surface area contributed by atoms with Gasteiger partial charge in [0.05, 0.1) is 18.2 Å². The first-order valence-corrected chi connectivity index (χ1v) is 10.5. The third kappa shape index (κ3) is 3.10. The number of ether oxygens (including phenoxy) is 4. The maximum absolute atomic E-state index is 12.4. The Morgan fingerprint density at radius 2 is 1.56 bits per heavy atom. The van der Waals surface area contributed by atoms with Crippen LogP contribution in [0.25, 0.3) is 0 Å². The van der Waals surface area contributed by atoms with Crippen molar-refractivity contribution in [1.82, 2.24) is 0 Å². The molecule has 0 saturated carbocycles. The van der Waals surface area contributed by atoms with E-state index in [-0.39, 0.29) is 0 Å². The molecule has 11 heteroatoms. The van der Waals surface area contributed by atoms with Crippen molar-refractivity contribution >= 4 is 5.97 Å². The number of hydrogen-bond donors (Lipinski definition) is 6. The summed E-state index contributed by atoms with van der Waals surface area (Å²) in [6, 6.07) is 0. The molecule has 0 amide bonds. The molecule has 2 fully saturated rings. The highest BCUT2D eigenvalue weighted by Gasteiger charge is 2.75. The fourth-order valence-electron chi connectivity index (χ4n) is 4.76. The molecule has 0 aromatic heterocycles. The van der Waals surface area contributed by atoms with E-state index in [1.807, 2.05) is 0 Å². The zero-order chi connectivity index (χ0) is 25.3. The molecule has 7 N–H and O–H groups in total. The second-order valence-electron chi connectivity index (χ2n) is 10.4. The Morgan fingerprint density at radius 1 is 1.06 bits per heavy atom. The second kappa shape index (κ2) is 7.56. The second-order valence-corrected chi connectivity index (χ2v) is 10.4. The molecule has 10 atom stereocenters. The zero-order valence-corrected chi connectivity index (χ0v) is 20.3. The van der Waals surface area contributed by atoms with Gasteiger partial charge in [0, 0.05) is 7.11 Å². The lowest BCUT2D eigenvalue weighted by Gasteiger charge is -2.65. The van der Waals surface area contributed by atoms with Gasteiger partial charge >= 0.3 is 5.97 Å².